The van der Waals surface area contributed by atoms with Crippen molar-refractivity contribution >= 4 is 17.6 Å². The number of aliphatic hydroxyl groups is 2. The molecule has 4 fully saturated rings. The number of aromatic amines is 1. The number of ether oxygens (including phenoxy) is 1. The Morgan fingerprint density at radius 1 is 1.20 bits per heavy atom. The van der Waals surface area contributed by atoms with Crippen LogP contribution < -0.4 is 15.0 Å². The molecule has 0 amide bonds. The lowest BCUT2D eigenvalue weighted by atomic mass is 9.52. The van der Waals surface area contributed by atoms with Crippen LogP contribution in [-0.2, 0) is 0 Å². The van der Waals surface area contributed by atoms with Crippen LogP contribution in [0.2, 0.25) is 0 Å². The number of anilines is 3. The highest BCUT2D eigenvalue weighted by atomic mass is 16.5. The maximum Gasteiger partial charge on any atom is 0.230 e. The Hall–Kier alpha value is -2.39. The Morgan fingerprint density at radius 2 is 1.97 bits per heavy atom. The molecule has 2 heterocycles. The summed E-state index contributed by atoms with van der Waals surface area (Å²) >= 11 is 0. The van der Waals surface area contributed by atoms with E-state index in [1.165, 1.54) is 12.8 Å². The Balaban J connectivity index is 1.43. The number of rotatable bonds is 7. The van der Waals surface area contributed by atoms with Gasteiger partial charge in [-0.15, -0.1) is 0 Å². The van der Waals surface area contributed by atoms with Gasteiger partial charge in [-0.2, -0.15) is 15.1 Å². The minimum Gasteiger partial charge on any atom is -0.475 e. The van der Waals surface area contributed by atoms with Gasteiger partial charge in [-0.1, -0.05) is 0 Å². The molecule has 4 saturated carbocycles. The Bertz CT molecular complexity index is 902. The van der Waals surface area contributed by atoms with Gasteiger partial charge in [0.2, 0.25) is 11.8 Å². The number of H-pyrrole nitrogens is 1. The van der Waals surface area contributed by atoms with E-state index in [1.807, 2.05) is 20.0 Å². The SMILES string of the molecule is Cc1cc(Nc2cc(OCCO)nc(N(C)C3C4CC5CC3CC(O)(C5)C4)n2)n[nH]1. The van der Waals surface area contributed by atoms with Crippen LogP contribution in [0.3, 0.4) is 0 Å². The van der Waals surface area contributed by atoms with Crippen molar-refractivity contribution in [3.8, 4) is 5.88 Å². The quantitative estimate of drug-likeness (QED) is 0.543. The van der Waals surface area contributed by atoms with Gasteiger partial charge in [-0.05, 0) is 56.8 Å². The molecule has 6 rings (SSSR count). The van der Waals surface area contributed by atoms with Crippen LogP contribution in [-0.4, -0.2) is 62.3 Å². The van der Waals surface area contributed by atoms with Gasteiger partial charge < -0.3 is 25.2 Å². The Labute approximate surface area is 175 Å². The van der Waals surface area contributed by atoms with Gasteiger partial charge in [0.05, 0.1) is 12.2 Å². The average molecular weight is 415 g/mol. The second kappa shape index (κ2) is 7.39. The lowest BCUT2D eigenvalue weighted by Gasteiger charge is -2.59. The predicted molar refractivity (Wildman–Crippen MR) is 112 cm³/mol. The molecule has 4 aliphatic rings. The second-order valence-corrected chi connectivity index (χ2v) is 9.32. The molecule has 162 valence electrons. The molecule has 30 heavy (non-hydrogen) atoms. The smallest absolute Gasteiger partial charge is 0.230 e. The molecule has 0 aliphatic heterocycles. The lowest BCUT2D eigenvalue weighted by molar-refractivity contribution is -0.133. The van der Waals surface area contributed by atoms with Crippen LogP contribution >= 0.6 is 0 Å². The molecule has 9 heteroatoms. The van der Waals surface area contributed by atoms with Crippen molar-refractivity contribution in [2.45, 2.75) is 50.7 Å². The third-order valence-corrected chi connectivity index (χ3v) is 6.95. The Kier molecular flexibility index (Phi) is 4.82. The fraction of sp³-hybridized carbons (Fsp3) is 0.667. The molecular formula is C21H30N6O3. The highest BCUT2D eigenvalue weighted by Crippen LogP contribution is 2.57. The zero-order valence-corrected chi connectivity index (χ0v) is 17.5. The van der Waals surface area contributed by atoms with Crippen LogP contribution in [0.15, 0.2) is 12.1 Å². The molecule has 2 unspecified atom stereocenters. The van der Waals surface area contributed by atoms with E-state index in [9.17, 15) is 5.11 Å². The lowest BCUT2D eigenvalue weighted by Crippen LogP contribution is -2.61. The van der Waals surface area contributed by atoms with Crippen LogP contribution in [0, 0.1) is 24.7 Å². The van der Waals surface area contributed by atoms with Crippen molar-refractivity contribution in [1.82, 2.24) is 20.2 Å². The molecule has 0 aromatic carbocycles. The molecule has 0 saturated heterocycles. The zero-order valence-electron chi connectivity index (χ0n) is 17.5. The van der Waals surface area contributed by atoms with Gasteiger partial charge in [0.15, 0.2) is 5.82 Å². The summed E-state index contributed by atoms with van der Waals surface area (Å²) in [6, 6.07) is 3.94. The molecule has 4 bridgehead atoms. The first kappa shape index (κ1) is 19.6. The largest absolute Gasteiger partial charge is 0.475 e. The van der Waals surface area contributed by atoms with Crippen LogP contribution in [0.25, 0.3) is 0 Å². The minimum atomic E-state index is -0.467. The summed E-state index contributed by atoms with van der Waals surface area (Å²) < 4.78 is 5.62. The van der Waals surface area contributed by atoms with E-state index in [4.69, 9.17) is 14.8 Å². The maximum atomic E-state index is 10.9. The highest BCUT2D eigenvalue weighted by Gasteiger charge is 2.56. The Morgan fingerprint density at radius 3 is 2.60 bits per heavy atom. The van der Waals surface area contributed by atoms with Gasteiger partial charge in [-0.25, -0.2) is 0 Å². The van der Waals surface area contributed by atoms with Gasteiger partial charge >= 0.3 is 0 Å². The first-order valence-corrected chi connectivity index (χ1v) is 10.8. The van der Waals surface area contributed by atoms with E-state index < -0.39 is 5.60 Å². The summed E-state index contributed by atoms with van der Waals surface area (Å²) in [7, 11) is 2.05. The second-order valence-electron chi connectivity index (χ2n) is 9.32. The van der Waals surface area contributed by atoms with Crippen molar-refractivity contribution in [2.75, 3.05) is 30.5 Å². The standard InChI is InChI=1S/C21H30N6O3/c1-12-5-17(26-25-12)22-16-8-18(30-4-3-28)24-20(23-16)27(2)19-14-6-13-7-15(19)11-21(29,9-13)10-14/h5,8,13-15,19,28-29H,3-4,6-7,9-11H2,1-2H3,(H2,22,23,24,25,26). The van der Waals surface area contributed by atoms with Gasteiger partial charge in [-0.3, -0.25) is 5.10 Å². The normalized spacial score (nSPS) is 31.7. The number of aromatic nitrogens is 4. The van der Waals surface area contributed by atoms with Crippen LogP contribution in [0.5, 0.6) is 5.88 Å². The van der Waals surface area contributed by atoms with Crippen molar-refractivity contribution in [3.63, 3.8) is 0 Å². The molecule has 4 aliphatic carbocycles. The third kappa shape index (κ3) is 3.60. The van der Waals surface area contributed by atoms with Crippen molar-refractivity contribution in [1.29, 1.82) is 0 Å². The van der Waals surface area contributed by atoms with Crippen molar-refractivity contribution in [2.24, 2.45) is 17.8 Å². The minimum absolute atomic E-state index is 0.0801. The molecule has 2 atom stereocenters. The first-order chi connectivity index (χ1) is 14.4. The zero-order chi connectivity index (χ0) is 20.9. The number of aliphatic hydroxyl groups excluding tert-OH is 1. The molecule has 4 N–H and O–H groups in total. The van der Waals surface area contributed by atoms with E-state index in [-0.39, 0.29) is 13.2 Å². The van der Waals surface area contributed by atoms with Gasteiger partial charge in [0.1, 0.15) is 12.4 Å². The molecule has 0 radical (unpaired) electrons. The summed E-state index contributed by atoms with van der Waals surface area (Å²) in [5.74, 6) is 3.84. The monoisotopic (exact) mass is 414 g/mol. The van der Waals surface area contributed by atoms with E-state index in [0.717, 1.165) is 25.0 Å². The van der Waals surface area contributed by atoms with Crippen molar-refractivity contribution < 1.29 is 14.9 Å². The number of hydrogen-bond acceptors (Lipinski definition) is 8. The summed E-state index contributed by atoms with van der Waals surface area (Å²) in [4.78, 5) is 11.5. The van der Waals surface area contributed by atoms with Crippen LogP contribution in [0.4, 0.5) is 17.6 Å². The predicted octanol–water partition coefficient (Wildman–Crippen LogP) is 2.00. The third-order valence-electron chi connectivity index (χ3n) is 6.95. The fourth-order valence-corrected chi connectivity index (χ4v) is 6.19. The molecule has 0 spiro atoms. The van der Waals surface area contributed by atoms with Gasteiger partial charge in [0.25, 0.3) is 0 Å². The molecular weight excluding hydrogens is 384 g/mol. The summed E-state index contributed by atoms with van der Waals surface area (Å²) in [5, 5.41) is 30.4. The number of nitrogens with zero attached hydrogens (tertiary/aromatic N) is 4. The molecule has 2 aromatic rings. The average Bonchev–Trinajstić information content (AvgIpc) is 3.09. The van der Waals surface area contributed by atoms with Crippen molar-refractivity contribution in [3.05, 3.63) is 17.8 Å². The number of nitrogens with one attached hydrogen (secondary N) is 2. The molecule has 2 aromatic heterocycles. The van der Waals surface area contributed by atoms with E-state index >= 15 is 0 Å². The van der Waals surface area contributed by atoms with Gasteiger partial charge in [0, 0.05) is 30.9 Å². The number of aryl methyl sites for hydroxylation is 1. The first-order valence-electron chi connectivity index (χ1n) is 10.8. The van der Waals surface area contributed by atoms with E-state index in [2.05, 4.69) is 25.4 Å². The molecule has 9 nitrogen and oxygen atoms in total. The van der Waals surface area contributed by atoms with Crippen LogP contribution in [0.1, 0.15) is 37.8 Å². The topological polar surface area (TPSA) is 119 Å². The van der Waals surface area contributed by atoms with E-state index in [0.29, 0.717) is 47.3 Å². The summed E-state index contributed by atoms with van der Waals surface area (Å²) in [6.07, 6.45) is 5.05. The maximum absolute atomic E-state index is 10.9. The highest BCUT2D eigenvalue weighted by molar-refractivity contribution is 5.55. The fourth-order valence-electron chi connectivity index (χ4n) is 6.19. The van der Waals surface area contributed by atoms with E-state index in [1.54, 1.807) is 6.07 Å². The summed E-state index contributed by atoms with van der Waals surface area (Å²) in [6.45, 7) is 2.03. The number of hydrogen-bond donors (Lipinski definition) is 4. The summed E-state index contributed by atoms with van der Waals surface area (Å²) in [5.41, 5.74) is 0.484.